The molecule has 0 aliphatic carbocycles. The summed E-state index contributed by atoms with van der Waals surface area (Å²) in [6.45, 7) is 1.73. The predicted octanol–water partition coefficient (Wildman–Crippen LogP) is 1.35. The minimum atomic E-state index is -1.42. The molecule has 0 aliphatic heterocycles. The number of phenolic OH excluding ortho intramolecular Hbond substituents is 1. The van der Waals surface area contributed by atoms with Crippen molar-refractivity contribution in [3.8, 4) is 5.75 Å². The summed E-state index contributed by atoms with van der Waals surface area (Å²) in [6, 6.07) is 11.4. The number of nitrogens with one attached hydrogen (secondary N) is 1. The number of carboxylic acids is 1. The van der Waals surface area contributed by atoms with E-state index in [1.165, 1.54) is 12.1 Å². The van der Waals surface area contributed by atoms with Gasteiger partial charge in [0.15, 0.2) is 0 Å². The van der Waals surface area contributed by atoms with Crippen LogP contribution in [-0.4, -0.2) is 17.0 Å². The topological polar surface area (TPSA) is 120 Å². The van der Waals surface area contributed by atoms with Gasteiger partial charge in [-0.3, -0.25) is 4.79 Å². The molecule has 0 saturated heterocycles. The van der Waals surface area contributed by atoms with E-state index in [-0.39, 0.29) is 24.2 Å². The second-order valence-corrected chi connectivity index (χ2v) is 6.40. The summed E-state index contributed by atoms with van der Waals surface area (Å²) in [7, 11) is 0. The fourth-order valence-corrected chi connectivity index (χ4v) is 3.07. The van der Waals surface area contributed by atoms with Crippen molar-refractivity contribution < 1.29 is 24.2 Å². The number of aliphatic carboxylic acids is 1. The smallest absolute Gasteiger partial charge is 0.339 e. The van der Waals surface area contributed by atoms with Crippen LogP contribution in [-0.2, 0) is 16.0 Å². The average Bonchev–Trinajstić information content (AvgIpc) is 2.66. The van der Waals surface area contributed by atoms with Crippen LogP contribution in [0.4, 0.5) is 0 Å². The molecule has 1 heterocycles. The van der Waals surface area contributed by atoms with Crippen LogP contribution in [0.3, 0.4) is 0 Å². The van der Waals surface area contributed by atoms with Crippen LogP contribution in [0.5, 0.6) is 5.75 Å². The first-order valence-corrected chi connectivity index (χ1v) is 8.67. The molecule has 0 aliphatic rings. The molecular formula is C21H18NO6-. The van der Waals surface area contributed by atoms with Gasteiger partial charge < -0.3 is 24.7 Å². The Hall–Kier alpha value is -3.61. The van der Waals surface area contributed by atoms with Gasteiger partial charge in [-0.1, -0.05) is 30.3 Å². The van der Waals surface area contributed by atoms with Gasteiger partial charge in [-0.05, 0) is 36.6 Å². The maximum absolute atomic E-state index is 12.3. The van der Waals surface area contributed by atoms with E-state index in [2.05, 4.69) is 5.32 Å². The van der Waals surface area contributed by atoms with Crippen LogP contribution in [0.2, 0.25) is 0 Å². The summed E-state index contributed by atoms with van der Waals surface area (Å²) in [6.07, 6.45) is -0.00280. The van der Waals surface area contributed by atoms with Crippen LogP contribution in [0.25, 0.3) is 11.0 Å². The first-order valence-electron chi connectivity index (χ1n) is 8.67. The molecule has 0 fully saturated rings. The monoisotopic (exact) mass is 380 g/mol. The van der Waals surface area contributed by atoms with E-state index in [0.29, 0.717) is 22.1 Å². The Morgan fingerprint density at radius 1 is 1.18 bits per heavy atom. The summed E-state index contributed by atoms with van der Waals surface area (Å²) in [5.74, 6) is -1.96. The number of carbonyl (C=O) groups excluding carboxylic acids is 2. The number of fused-ring (bicyclic) bond motifs is 1. The zero-order valence-electron chi connectivity index (χ0n) is 15.1. The fraction of sp³-hybridized carbons (Fsp3) is 0.190. The zero-order valence-corrected chi connectivity index (χ0v) is 15.1. The Morgan fingerprint density at radius 2 is 1.89 bits per heavy atom. The minimum absolute atomic E-state index is 0.0172. The quantitative estimate of drug-likeness (QED) is 0.623. The van der Waals surface area contributed by atoms with Gasteiger partial charge in [0.1, 0.15) is 11.3 Å². The summed E-state index contributed by atoms with van der Waals surface area (Å²) < 4.78 is 5.22. The lowest BCUT2D eigenvalue weighted by Gasteiger charge is -2.20. The van der Waals surface area contributed by atoms with Crippen LogP contribution in [0, 0.1) is 6.92 Å². The molecule has 3 aromatic rings. The van der Waals surface area contributed by atoms with Crippen molar-refractivity contribution >= 4 is 22.8 Å². The van der Waals surface area contributed by atoms with Crippen molar-refractivity contribution in [2.24, 2.45) is 0 Å². The Kier molecular flexibility index (Phi) is 5.44. The van der Waals surface area contributed by atoms with Crippen molar-refractivity contribution in [3.63, 3.8) is 0 Å². The van der Waals surface area contributed by atoms with Crippen LogP contribution in [0.1, 0.15) is 29.2 Å². The lowest BCUT2D eigenvalue weighted by Crippen LogP contribution is -2.41. The van der Waals surface area contributed by atoms with Gasteiger partial charge in [-0.15, -0.1) is 0 Å². The molecule has 1 amide bonds. The molecule has 3 rings (SSSR count). The van der Waals surface area contributed by atoms with Gasteiger partial charge >= 0.3 is 5.63 Å². The van der Waals surface area contributed by atoms with Crippen molar-refractivity contribution in [1.82, 2.24) is 5.32 Å². The molecule has 0 bridgehead atoms. The van der Waals surface area contributed by atoms with E-state index in [1.54, 1.807) is 43.3 Å². The highest BCUT2D eigenvalue weighted by atomic mass is 16.4. The lowest BCUT2D eigenvalue weighted by atomic mass is 10.0. The first kappa shape index (κ1) is 19.2. The van der Waals surface area contributed by atoms with Crippen LogP contribution >= 0.6 is 0 Å². The first-order chi connectivity index (χ1) is 13.4. The Balaban J connectivity index is 1.76. The molecule has 1 aromatic heterocycles. The maximum atomic E-state index is 12.3. The molecule has 0 spiro atoms. The maximum Gasteiger partial charge on any atom is 0.339 e. The third-order valence-electron chi connectivity index (χ3n) is 4.55. The molecule has 0 saturated carbocycles. The number of amides is 1. The van der Waals surface area contributed by atoms with Crippen molar-refractivity contribution in [2.75, 3.05) is 0 Å². The molecule has 7 heteroatoms. The fourth-order valence-electron chi connectivity index (χ4n) is 3.07. The number of carbonyl (C=O) groups is 2. The highest BCUT2D eigenvalue weighted by Gasteiger charge is 2.17. The standard InChI is InChI=1S/C21H19NO6/c1-12-15-8-7-14(23)11-17(15)28-21(27)16(12)9-10-18(24)22-19(20(25)26)13-5-3-2-4-6-13/h2-8,11,19,23H,9-10H2,1H3,(H,22,24)(H,25,26)/p-1/t19-/m1/s1. The van der Waals surface area contributed by atoms with E-state index >= 15 is 0 Å². The normalized spacial score (nSPS) is 11.9. The molecule has 28 heavy (non-hydrogen) atoms. The van der Waals surface area contributed by atoms with E-state index < -0.39 is 23.5 Å². The number of benzene rings is 2. The summed E-state index contributed by atoms with van der Waals surface area (Å²) >= 11 is 0. The molecule has 0 radical (unpaired) electrons. The Labute approximate surface area is 160 Å². The van der Waals surface area contributed by atoms with Gasteiger partial charge in [0.25, 0.3) is 0 Å². The molecule has 1 atom stereocenters. The van der Waals surface area contributed by atoms with Crippen molar-refractivity contribution in [3.05, 3.63) is 75.6 Å². The van der Waals surface area contributed by atoms with Crippen LogP contribution < -0.4 is 16.0 Å². The van der Waals surface area contributed by atoms with Crippen LogP contribution in [0.15, 0.2) is 57.7 Å². The van der Waals surface area contributed by atoms with E-state index in [1.807, 2.05) is 0 Å². The molecule has 2 aromatic carbocycles. The Morgan fingerprint density at radius 3 is 2.57 bits per heavy atom. The highest BCUT2D eigenvalue weighted by molar-refractivity contribution is 5.84. The largest absolute Gasteiger partial charge is 0.548 e. The third-order valence-corrected chi connectivity index (χ3v) is 4.55. The average molecular weight is 380 g/mol. The molecule has 0 unspecified atom stereocenters. The number of hydrogen-bond donors (Lipinski definition) is 2. The number of phenols is 1. The van der Waals surface area contributed by atoms with Crippen molar-refractivity contribution in [1.29, 1.82) is 0 Å². The molecule has 2 N–H and O–H groups in total. The number of aromatic hydroxyl groups is 1. The molecule has 7 nitrogen and oxygen atoms in total. The van der Waals surface area contributed by atoms with E-state index in [9.17, 15) is 24.6 Å². The van der Waals surface area contributed by atoms with Gasteiger partial charge in [0.2, 0.25) is 5.91 Å². The van der Waals surface area contributed by atoms with Gasteiger partial charge in [-0.2, -0.15) is 0 Å². The number of aryl methyl sites for hydroxylation is 1. The number of carboxylic acid groups (broad SMARTS) is 1. The van der Waals surface area contributed by atoms with Gasteiger partial charge in [-0.25, -0.2) is 4.79 Å². The highest BCUT2D eigenvalue weighted by Crippen LogP contribution is 2.24. The molecule has 144 valence electrons. The second-order valence-electron chi connectivity index (χ2n) is 6.40. The summed E-state index contributed by atoms with van der Waals surface area (Å²) in [5.41, 5.74) is 1.05. The lowest BCUT2D eigenvalue weighted by molar-refractivity contribution is -0.308. The minimum Gasteiger partial charge on any atom is -0.548 e. The van der Waals surface area contributed by atoms with E-state index in [0.717, 1.165) is 0 Å². The number of rotatable bonds is 6. The third kappa shape index (κ3) is 4.03. The van der Waals surface area contributed by atoms with Crippen molar-refractivity contribution in [2.45, 2.75) is 25.8 Å². The summed E-state index contributed by atoms with van der Waals surface area (Å²) in [5, 5.41) is 24.0. The SMILES string of the molecule is Cc1c(CCC(=O)N[C@@H](C(=O)[O-])c2ccccc2)c(=O)oc2cc(O)ccc12. The predicted molar refractivity (Wildman–Crippen MR) is 99.5 cm³/mol. The molecular weight excluding hydrogens is 362 g/mol. The zero-order chi connectivity index (χ0) is 20.3. The Bertz CT molecular complexity index is 1090. The summed E-state index contributed by atoms with van der Waals surface area (Å²) in [4.78, 5) is 35.9. The van der Waals surface area contributed by atoms with Gasteiger partial charge in [0, 0.05) is 23.4 Å². The van der Waals surface area contributed by atoms with E-state index in [4.69, 9.17) is 4.42 Å². The number of hydrogen-bond acceptors (Lipinski definition) is 6. The second kappa shape index (κ2) is 7.96. The van der Waals surface area contributed by atoms with Gasteiger partial charge in [0.05, 0.1) is 12.0 Å².